The second kappa shape index (κ2) is 5.82. The SMILES string of the molecule is C#COC(=O)[C@H](C)[C@@H]1CC[C@@H](C)[C@@H]2CCC(C)=C[C@@H]21. The van der Waals surface area contributed by atoms with Crippen LogP contribution >= 0.6 is 0 Å². The lowest BCUT2D eigenvalue weighted by Gasteiger charge is -2.45. The molecule has 0 aliphatic heterocycles. The van der Waals surface area contributed by atoms with Crippen LogP contribution in [0.25, 0.3) is 0 Å². The third kappa shape index (κ3) is 2.86. The van der Waals surface area contributed by atoms with E-state index in [4.69, 9.17) is 11.2 Å². The fourth-order valence-electron chi connectivity index (χ4n) is 4.00. The average molecular weight is 260 g/mol. The standard InChI is InChI=1S/C17H24O2/c1-5-19-17(18)13(4)15-9-7-12(3)14-8-6-11(2)10-16(14)15/h1,10,12-16H,6-9H2,2-4H3/t12-,13-,14+,15+,16+/m1/s1. The predicted octanol–water partition coefficient (Wildman–Crippen LogP) is 3.78. The third-order valence-corrected chi connectivity index (χ3v) is 5.20. The minimum atomic E-state index is -0.238. The van der Waals surface area contributed by atoms with E-state index in [9.17, 15) is 4.79 Å². The normalized spacial score (nSPS) is 35.6. The van der Waals surface area contributed by atoms with E-state index in [1.165, 1.54) is 24.8 Å². The van der Waals surface area contributed by atoms with E-state index in [1.54, 1.807) is 0 Å². The Morgan fingerprint density at radius 2 is 2.21 bits per heavy atom. The molecule has 104 valence electrons. The Bertz CT molecular complexity index is 415. The van der Waals surface area contributed by atoms with Crippen LogP contribution in [0.5, 0.6) is 0 Å². The van der Waals surface area contributed by atoms with Crippen molar-refractivity contribution >= 4 is 5.97 Å². The molecule has 0 unspecified atom stereocenters. The number of esters is 1. The second-order valence-corrected chi connectivity index (χ2v) is 6.34. The second-order valence-electron chi connectivity index (χ2n) is 6.34. The Morgan fingerprint density at radius 3 is 2.89 bits per heavy atom. The maximum atomic E-state index is 11.9. The van der Waals surface area contributed by atoms with E-state index in [0.29, 0.717) is 11.8 Å². The predicted molar refractivity (Wildman–Crippen MR) is 75.9 cm³/mol. The van der Waals surface area contributed by atoms with E-state index in [0.717, 1.165) is 18.3 Å². The fourth-order valence-corrected chi connectivity index (χ4v) is 4.00. The van der Waals surface area contributed by atoms with Crippen molar-refractivity contribution in [1.82, 2.24) is 0 Å². The first kappa shape index (κ1) is 14.2. The van der Waals surface area contributed by atoms with Gasteiger partial charge in [-0.1, -0.05) is 38.3 Å². The molecule has 0 heterocycles. The van der Waals surface area contributed by atoms with Crippen LogP contribution in [-0.4, -0.2) is 5.97 Å². The monoisotopic (exact) mass is 260 g/mol. The van der Waals surface area contributed by atoms with Crippen LogP contribution < -0.4 is 0 Å². The van der Waals surface area contributed by atoms with Gasteiger partial charge in [0, 0.05) is 0 Å². The van der Waals surface area contributed by atoms with Gasteiger partial charge in [0.2, 0.25) is 0 Å². The Kier molecular flexibility index (Phi) is 4.34. The summed E-state index contributed by atoms with van der Waals surface area (Å²) in [6.07, 6.45) is 14.3. The molecule has 5 atom stereocenters. The lowest BCUT2D eigenvalue weighted by atomic mass is 9.60. The number of rotatable bonds is 2. The molecule has 0 aromatic rings. The van der Waals surface area contributed by atoms with Crippen LogP contribution in [0.15, 0.2) is 11.6 Å². The molecule has 2 nitrogen and oxygen atoms in total. The van der Waals surface area contributed by atoms with E-state index in [-0.39, 0.29) is 11.9 Å². The van der Waals surface area contributed by atoms with E-state index in [2.05, 4.69) is 19.9 Å². The molecule has 2 rings (SSSR count). The smallest absolute Gasteiger partial charge is 0.322 e. The van der Waals surface area contributed by atoms with Crippen molar-refractivity contribution in [2.24, 2.45) is 29.6 Å². The van der Waals surface area contributed by atoms with Gasteiger partial charge < -0.3 is 4.74 Å². The highest BCUT2D eigenvalue weighted by molar-refractivity contribution is 5.73. The number of fused-ring (bicyclic) bond motifs is 1. The quantitative estimate of drug-likeness (QED) is 0.429. The maximum absolute atomic E-state index is 11.9. The third-order valence-electron chi connectivity index (χ3n) is 5.20. The summed E-state index contributed by atoms with van der Waals surface area (Å²) in [7, 11) is 0. The summed E-state index contributed by atoms with van der Waals surface area (Å²) < 4.78 is 4.76. The van der Waals surface area contributed by atoms with Gasteiger partial charge in [-0.2, -0.15) is 0 Å². The Morgan fingerprint density at radius 1 is 1.47 bits per heavy atom. The highest BCUT2D eigenvalue weighted by Crippen LogP contribution is 2.48. The van der Waals surface area contributed by atoms with Gasteiger partial charge in [0.15, 0.2) is 0 Å². The zero-order valence-corrected chi connectivity index (χ0v) is 12.2. The summed E-state index contributed by atoms with van der Waals surface area (Å²) in [6.45, 7) is 6.53. The molecule has 19 heavy (non-hydrogen) atoms. The molecule has 0 amide bonds. The van der Waals surface area contributed by atoms with Crippen molar-refractivity contribution in [3.63, 3.8) is 0 Å². The summed E-state index contributed by atoms with van der Waals surface area (Å²) in [5, 5.41) is 0. The van der Waals surface area contributed by atoms with Gasteiger partial charge in [-0.15, -0.1) is 0 Å². The molecule has 0 saturated heterocycles. The topological polar surface area (TPSA) is 26.3 Å². The van der Waals surface area contributed by atoms with Crippen molar-refractivity contribution in [1.29, 1.82) is 0 Å². The summed E-state index contributed by atoms with van der Waals surface area (Å²) in [5.74, 6) is 2.07. The van der Waals surface area contributed by atoms with Crippen LogP contribution in [0.1, 0.15) is 46.5 Å². The van der Waals surface area contributed by atoms with Crippen LogP contribution in [0.3, 0.4) is 0 Å². The molecule has 2 aliphatic rings. The molecule has 1 saturated carbocycles. The molecule has 0 radical (unpaired) electrons. The molecule has 0 aromatic carbocycles. The maximum Gasteiger partial charge on any atom is 0.322 e. The van der Waals surface area contributed by atoms with E-state index in [1.807, 2.05) is 13.0 Å². The average Bonchev–Trinajstić information content (AvgIpc) is 2.38. The highest BCUT2D eigenvalue weighted by atomic mass is 16.5. The van der Waals surface area contributed by atoms with Gasteiger partial charge in [0.05, 0.1) is 5.92 Å². The van der Waals surface area contributed by atoms with E-state index >= 15 is 0 Å². The number of allylic oxidation sites excluding steroid dienone is 2. The molecule has 1 fully saturated rings. The lowest BCUT2D eigenvalue weighted by Crippen LogP contribution is -2.39. The fraction of sp³-hybridized carbons (Fsp3) is 0.706. The zero-order valence-electron chi connectivity index (χ0n) is 12.2. The summed E-state index contributed by atoms with van der Waals surface area (Å²) >= 11 is 0. The zero-order chi connectivity index (χ0) is 14.0. The van der Waals surface area contributed by atoms with Crippen molar-refractivity contribution in [2.75, 3.05) is 0 Å². The largest absolute Gasteiger partial charge is 0.372 e. The molecule has 0 aromatic heterocycles. The van der Waals surface area contributed by atoms with Gasteiger partial charge in [-0.25, -0.2) is 0 Å². The van der Waals surface area contributed by atoms with Crippen LogP contribution in [0.2, 0.25) is 0 Å². The number of terminal acetylenes is 1. The van der Waals surface area contributed by atoms with Crippen LogP contribution in [-0.2, 0) is 9.53 Å². The van der Waals surface area contributed by atoms with Crippen molar-refractivity contribution < 1.29 is 9.53 Å². The Balaban J connectivity index is 2.18. The van der Waals surface area contributed by atoms with E-state index < -0.39 is 0 Å². The molecule has 0 bridgehead atoms. The Labute approximate surface area is 116 Å². The van der Waals surface area contributed by atoms with Crippen molar-refractivity contribution in [3.05, 3.63) is 11.6 Å². The summed E-state index contributed by atoms with van der Waals surface area (Å²) in [4.78, 5) is 11.9. The van der Waals surface area contributed by atoms with Gasteiger partial charge >= 0.3 is 5.97 Å². The molecular formula is C17H24O2. The molecule has 2 heteroatoms. The first-order valence-corrected chi connectivity index (χ1v) is 7.38. The minimum absolute atomic E-state index is 0.0989. The van der Waals surface area contributed by atoms with Gasteiger partial charge in [-0.05, 0) is 49.9 Å². The van der Waals surface area contributed by atoms with Gasteiger partial charge in [0.25, 0.3) is 0 Å². The molecule has 2 aliphatic carbocycles. The van der Waals surface area contributed by atoms with Crippen LogP contribution in [0.4, 0.5) is 0 Å². The minimum Gasteiger partial charge on any atom is -0.372 e. The Hall–Kier alpha value is -1.23. The number of carbonyl (C=O) groups excluding carboxylic acids is 1. The first-order chi connectivity index (χ1) is 9.04. The van der Waals surface area contributed by atoms with Crippen LogP contribution in [0, 0.1) is 42.1 Å². The molecule has 0 N–H and O–H groups in total. The highest BCUT2D eigenvalue weighted by Gasteiger charge is 2.42. The number of hydrogen-bond donors (Lipinski definition) is 0. The molecule has 0 spiro atoms. The summed E-state index contributed by atoms with van der Waals surface area (Å²) in [6, 6.07) is 0. The summed E-state index contributed by atoms with van der Waals surface area (Å²) in [5.41, 5.74) is 1.47. The van der Waals surface area contributed by atoms with Crippen molar-refractivity contribution in [3.8, 4) is 12.5 Å². The number of carbonyl (C=O) groups is 1. The van der Waals surface area contributed by atoms with Gasteiger partial charge in [-0.3, -0.25) is 4.79 Å². The van der Waals surface area contributed by atoms with Crippen molar-refractivity contribution in [2.45, 2.75) is 46.5 Å². The molecular weight excluding hydrogens is 236 g/mol. The van der Waals surface area contributed by atoms with Gasteiger partial charge in [0.1, 0.15) is 6.11 Å². The first-order valence-electron chi connectivity index (χ1n) is 7.38. The lowest BCUT2D eigenvalue weighted by molar-refractivity contribution is -0.144. The number of ether oxygens (including phenoxy) is 1. The number of hydrogen-bond acceptors (Lipinski definition) is 2.